The Morgan fingerprint density at radius 3 is 2.07 bits per heavy atom. The molecule has 0 heterocycles. The van der Waals surface area contributed by atoms with Crippen LogP contribution in [-0.2, 0) is 14.3 Å². The number of hydrogen-bond acceptors (Lipinski definition) is 3. The highest BCUT2D eigenvalue weighted by Gasteiger charge is 2.28. The van der Waals surface area contributed by atoms with Gasteiger partial charge in [0, 0.05) is 11.6 Å². The number of rotatable bonds is 1. The highest BCUT2D eigenvalue weighted by molar-refractivity contribution is 6.19. The lowest BCUT2D eigenvalue weighted by atomic mass is 9.81. The summed E-state index contributed by atoms with van der Waals surface area (Å²) >= 11 is 0. The molecule has 0 fully saturated rings. The second-order valence-electron chi connectivity index (χ2n) is 4.25. The lowest BCUT2D eigenvalue weighted by Crippen LogP contribution is -2.23. The van der Waals surface area contributed by atoms with Crippen molar-refractivity contribution in [3.05, 3.63) is 23.5 Å². The van der Waals surface area contributed by atoms with Gasteiger partial charge >= 0.3 is 0 Å². The fourth-order valence-electron chi connectivity index (χ4n) is 1.29. The molecular formula is C11H14O3. The van der Waals surface area contributed by atoms with E-state index in [-0.39, 0.29) is 22.7 Å². The first-order valence-corrected chi connectivity index (χ1v) is 4.43. The topological polar surface area (TPSA) is 43.4 Å². The van der Waals surface area contributed by atoms with Gasteiger partial charge in [-0.05, 0) is 11.5 Å². The minimum atomic E-state index is -0.303. The number of ketones is 2. The molecule has 0 aliphatic heterocycles. The van der Waals surface area contributed by atoms with Gasteiger partial charge in [0.2, 0.25) is 5.78 Å². The van der Waals surface area contributed by atoms with Crippen molar-refractivity contribution in [2.24, 2.45) is 5.41 Å². The monoisotopic (exact) mass is 194 g/mol. The molecular weight excluding hydrogens is 180 g/mol. The zero-order chi connectivity index (χ0) is 10.9. The third-order valence-corrected chi connectivity index (χ3v) is 2.07. The first kappa shape index (κ1) is 10.7. The summed E-state index contributed by atoms with van der Waals surface area (Å²) < 4.78 is 4.78. The number of methoxy groups -OCH3 is 1. The summed E-state index contributed by atoms with van der Waals surface area (Å²) in [6, 6.07) is 0. The predicted molar refractivity (Wildman–Crippen MR) is 52.6 cm³/mol. The second-order valence-corrected chi connectivity index (χ2v) is 4.25. The second kappa shape index (κ2) is 3.40. The molecule has 0 aromatic rings. The minimum absolute atomic E-state index is 0.114. The normalized spacial score (nSPS) is 17.7. The number of allylic oxidation sites excluding steroid dienone is 3. The zero-order valence-electron chi connectivity index (χ0n) is 8.88. The summed E-state index contributed by atoms with van der Waals surface area (Å²) in [6.07, 6.45) is 2.62. The van der Waals surface area contributed by atoms with E-state index in [1.165, 1.54) is 19.3 Å². The van der Waals surface area contributed by atoms with E-state index >= 15 is 0 Å². The molecule has 0 saturated heterocycles. The SMILES string of the molecule is COC1=CC(=O)C(C(C)(C)C)=CC1=O. The summed E-state index contributed by atoms with van der Waals surface area (Å²) in [5.74, 6) is -0.269. The lowest BCUT2D eigenvalue weighted by molar-refractivity contribution is -0.117. The van der Waals surface area contributed by atoms with E-state index in [1.54, 1.807) is 0 Å². The first-order valence-electron chi connectivity index (χ1n) is 4.43. The van der Waals surface area contributed by atoms with Crippen molar-refractivity contribution in [1.29, 1.82) is 0 Å². The molecule has 1 aliphatic rings. The van der Waals surface area contributed by atoms with Crippen LogP contribution in [0.2, 0.25) is 0 Å². The van der Waals surface area contributed by atoms with Crippen molar-refractivity contribution in [1.82, 2.24) is 0 Å². The Bertz CT molecular complexity index is 340. The molecule has 1 aliphatic carbocycles. The lowest BCUT2D eigenvalue weighted by Gasteiger charge is -2.23. The molecule has 0 amide bonds. The summed E-state index contributed by atoms with van der Waals surface area (Å²) in [4.78, 5) is 23.0. The molecule has 76 valence electrons. The van der Waals surface area contributed by atoms with Crippen molar-refractivity contribution >= 4 is 11.6 Å². The van der Waals surface area contributed by atoms with E-state index in [4.69, 9.17) is 4.74 Å². The Morgan fingerprint density at radius 2 is 1.64 bits per heavy atom. The van der Waals surface area contributed by atoms with Gasteiger partial charge in [0.25, 0.3) is 0 Å². The summed E-state index contributed by atoms with van der Waals surface area (Å²) in [5, 5.41) is 0. The van der Waals surface area contributed by atoms with E-state index in [1.807, 2.05) is 20.8 Å². The van der Waals surface area contributed by atoms with Gasteiger partial charge in [0.1, 0.15) is 0 Å². The Balaban J connectivity index is 3.07. The van der Waals surface area contributed by atoms with Crippen LogP contribution in [0.5, 0.6) is 0 Å². The smallest absolute Gasteiger partial charge is 0.220 e. The van der Waals surface area contributed by atoms with Crippen LogP contribution in [0.4, 0.5) is 0 Å². The highest BCUT2D eigenvalue weighted by Crippen LogP contribution is 2.29. The maximum absolute atomic E-state index is 11.6. The fraction of sp³-hybridized carbons (Fsp3) is 0.455. The Kier molecular flexibility index (Phi) is 2.60. The van der Waals surface area contributed by atoms with Gasteiger partial charge in [-0.1, -0.05) is 20.8 Å². The quantitative estimate of drug-likeness (QED) is 0.596. The van der Waals surface area contributed by atoms with E-state index in [2.05, 4.69) is 0 Å². The van der Waals surface area contributed by atoms with Crippen molar-refractivity contribution in [2.45, 2.75) is 20.8 Å². The Labute approximate surface area is 83.4 Å². The molecule has 0 saturated carbocycles. The number of carbonyl (C=O) groups is 2. The van der Waals surface area contributed by atoms with Crippen LogP contribution < -0.4 is 0 Å². The van der Waals surface area contributed by atoms with E-state index in [9.17, 15) is 9.59 Å². The Hall–Kier alpha value is -1.38. The first-order chi connectivity index (χ1) is 6.36. The van der Waals surface area contributed by atoms with Crippen LogP contribution in [0.3, 0.4) is 0 Å². The molecule has 0 unspecified atom stereocenters. The van der Waals surface area contributed by atoms with Gasteiger partial charge in [-0.2, -0.15) is 0 Å². The van der Waals surface area contributed by atoms with Gasteiger partial charge < -0.3 is 4.74 Å². The molecule has 3 nitrogen and oxygen atoms in total. The van der Waals surface area contributed by atoms with E-state index in [0.29, 0.717) is 5.57 Å². The molecule has 14 heavy (non-hydrogen) atoms. The minimum Gasteiger partial charge on any atom is -0.493 e. The number of carbonyl (C=O) groups excluding carboxylic acids is 2. The maximum atomic E-state index is 11.6. The predicted octanol–water partition coefficient (Wildman–Crippen LogP) is 1.64. The van der Waals surface area contributed by atoms with Crippen LogP contribution in [0.25, 0.3) is 0 Å². The van der Waals surface area contributed by atoms with Crippen LogP contribution >= 0.6 is 0 Å². The molecule has 0 bridgehead atoms. The van der Waals surface area contributed by atoms with Crippen LogP contribution in [-0.4, -0.2) is 18.7 Å². The van der Waals surface area contributed by atoms with Crippen LogP contribution in [0.1, 0.15) is 20.8 Å². The molecule has 0 atom stereocenters. The summed E-state index contributed by atoms with van der Waals surface area (Å²) in [6.45, 7) is 5.70. The Morgan fingerprint density at radius 1 is 1.07 bits per heavy atom. The molecule has 0 aromatic heterocycles. The largest absolute Gasteiger partial charge is 0.493 e. The van der Waals surface area contributed by atoms with Crippen LogP contribution in [0, 0.1) is 5.41 Å². The number of ether oxygens (including phenoxy) is 1. The van der Waals surface area contributed by atoms with Gasteiger partial charge in [0.15, 0.2) is 11.5 Å². The molecule has 1 rings (SSSR count). The zero-order valence-corrected chi connectivity index (χ0v) is 8.88. The third kappa shape index (κ3) is 1.92. The van der Waals surface area contributed by atoms with Crippen molar-refractivity contribution in [2.75, 3.05) is 7.11 Å². The molecule has 0 spiro atoms. The molecule has 0 radical (unpaired) electrons. The fourth-order valence-corrected chi connectivity index (χ4v) is 1.29. The van der Waals surface area contributed by atoms with E-state index in [0.717, 1.165) is 0 Å². The molecule has 0 aromatic carbocycles. The van der Waals surface area contributed by atoms with Crippen molar-refractivity contribution < 1.29 is 14.3 Å². The van der Waals surface area contributed by atoms with Gasteiger partial charge in [-0.15, -0.1) is 0 Å². The van der Waals surface area contributed by atoms with Gasteiger partial charge in [-0.3, -0.25) is 9.59 Å². The van der Waals surface area contributed by atoms with Crippen molar-refractivity contribution in [3.8, 4) is 0 Å². The average Bonchev–Trinajstić information content (AvgIpc) is 2.06. The maximum Gasteiger partial charge on any atom is 0.220 e. The van der Waals surface area contributed by atoms with Gasteiger partial charge in [-0.25, -0.2) is 0 Å². The highest BCUT2D eigenvalue weighted by atomic mass is 16.5. The molecule has 0 N–H and O–H groups in total. The summed E-state index contributed by atoms with van der Waals surface area (Å²) in [7, 11) is 1.38. The van der Waals surface area contributed by atoms with Crippen LogP contribution in [0.15, 0.2) is 23.5 Å². The summed E-state index contributed by atoms with van der Waals surface area (Å²) in [5.41, 5.74) is 0.228. The average molecular weight is 194 g/mol. The number of hydrogen-bond donors (Lipinski definition) is 0. The third-order valence-electron chi connectivity index (χ3n) is 2.07. The standard InChI is InChI=1S/C11H14O3/c1-11(2,3)7-5-9(13)10(14-4)6-8(7)12/h5-6H,1-4H3. The van der Waals surface area contributed by atoms with Crippen molar-refractivity contribution in [3.63, 3.8) is 0 Å². The molecule has 3 heteroatoms. The van der Waals surface area contributed by atoms with E-state index < -0.39 is 0 Å². The van der Waals surface area contributed by atoms with Gasteiger partial charge in [0.05, 0.1) is 7.11 Å².